The molecule has 0 saturated carbocycles. The molecule has 0 N–H and O–H groups in total. The maximum atomic E-state index is 12.7. The molecule has 0 amide bonds. The zero-order chi connectivity index (χ0) is 40.3. The summed E-state index contributed by atoms with van der Waals surface area (Å²) in [5.41, 5.74) is 0. The molecule has 0 radical (unpaired) electrons. The van der Waals surface area contributed by atoms with Crippen molar-refractivity contribution in [2.24, 2.45) is 5.92 Å². The second kappa shape index (κ2) is 43.5. The van der Waals surface area contributed by atoms with Gasteiger partial charge in [-0.3, -0.25) is 14.4 Å². The Bertz CT molecular complexity index is 826. The molecule has 0 unspecified atom stereocenters. The first-order valence-electron chi connectivity index (χ1n) is 24.4. The molecule has 0 fully saturated rings. The van der Waals surface area contributed by atoms with Gasteiger partial charge in [0, 0.05) is 19.3 Å². The predicted molar refractivity (Wildman–Crippen MR) is 233 cm³/mol. The highest BCUT2D eigenvalue weighted by Gasteiger charge is 2.19. The fourth-order valence-electron chi connectivity index (χ4n) is 7.33. The van der Waals surface area contributed by atoms with E-state index in [9.17, 15) is 14.4 Å². The van der Waals surface area contributed by atoms with E-state index in [1.807, 2.05) is 0 Å². The number of carbonyl (C=O) groups excluding carboxylic acids is 3. The highest BCUT2D eigenvalue weighted by Crippen LogP contribution is 2.17. The van der Waals surface area contributed by atoms with Crippen LogP contribution in [0, 0.1) is 5.92 Å². The molecule has 0 aromatic rings. The van der Waals surface area contributed by atoms with Crippen LogP contribution < -0.4 is 0 Å². The summed E-state index contributed by atoms with van der Waals surface area (Å²) in [6.07, 6.45) is 43.8. The lowest BCUT2D eigenvalue weighted by atomic mass is 10.0. The minimum Gasteiger partial charge on any atom is -0.462 e. The number of carbonyl (C=O) groups is 3. The van der Waals surface area contributed by atoms with E-state index in [4.69, 9.17) is 14.2 Å². The largest absolute Gasteiger partial charge is 0.462 e. The van der Waals surface area contributed by atoms with Crippen molar-refractivity contribution in [2.75, 3.05) is 13.2 Å². The summed E-state index contributed by atoms with van der Waals surface area (Å²) < 4.78 is 16.7. The van der Waals surface area contributed by atoms with E-state index >= 15 is 0 Å². The van der Waals surface area contributed by atoms with Crippen LogP contribution in [0.4, 0.5) is 0 Å². The van der Waals surface area contributed by atoms with Crippen molar-refractivity contribution in [2.45, 2.75) is 278 Å². The molecular weight excluding hydrogens is 685 g/mol. The molecule has 0 aliphatic heterocycles. The zero-order valence-corrected chi connectivity index (χ0v) is 37.4. The lowest BCUT2D eigenvalue weighted by Gasteiger charge is -2.18. The van der Waals surface area contributed by atoms with Crippen LogP contribution in [0.2, 0.25) is 0 Å². The first-order chi connectivity index (χ1) is 26.9. The monoisotopic (exact) mass is 779 g/mol. The Morgan fingerprint density at radius 3 is 0.891 bits per heavy atom. The van der Waals surface area contributed by atoms with Crippen molar-refractivity contribution in [3.63, 3.8) is 0 Å². The lowest BCUT2D eigenvalue weighted by Crippen LogP contribution is -2.30. The average molecular weight is 779 g/mol. The van der Waals surface area contributed by atoms with Crippen LogP contribution in [-0.2, 0) is 28.6 Å². The second-order valence-corrected chi connectivity index (χ2v) is 17.2. The minimum absolute atomic E-state index is 0.0634. The fourth-order valence-corrected chi connectivity index (χ4v) is 7.33. The molecule has 1 atom stereocenters. The van der Waals surface area contributed by atoms with E-state index in [0.717, 1.165) is 63.7 Å². The van der Waals surface area contributed by atoms with Crippen LogP contribution in [0.5, 0.6) is 0 Å². The summed E-state index contributed by atoms with van der Waals surface area (Å²) in [6, 6.07) is 0. The van der Waals surface area contributed by atoms with Crippen LogP contribution in [0.25, 0.3) is 0 Å². The topological polar surface area (TPSA) is 78.9 Å². The maximum absolute atomic E-state index is 12.7. The van der Waals surface area contributed by atoms with E-state index in [-0.39, 0.29) is 31.1 Å². The third kappa shape index (κ3) is 43.4. The summed E-state index contributed by atoms with van der Waals surface area (Å²) >= 11 is 0. The molecule has 6 nitrogen and oxygen atoms in total. The van der Waals surface area contributed by atoms with Crippen LogP contribution in [0.3, 0.4) is 0 Å². The minimum atomic E-state index is -0.758. The fraction of sp³-hybridized carbons (Fsp3) is 0.939. The molecule has 0 rings (SSSR count). The Morgan fingerprint density at radius 2 is 0.600 bits per heavy atom. The van der Waals surface area contributed by atoms with Gasteiger partial charge in [-0.1, -0.05) is 233 Å². The quantitative estimate of drug-likeness (QED) is 0.0348. The standard InChI is InChI=1S/C49H94O6/c1-5-7-9-11-13-23-28-32-36-40-47(50)53-43-46(55-49(52)42-38-34-30-24-14-12-10-8-6-2)44-54-48(51)41-37-33-29-26-22-20-18-16-15-17-19-21-25-27-31-35-39-45(3)4/h45-46H,5-44H2,1-4H3/t46-/m0/s1. The van der Waals surface area contributed by atoms with Gasteiger partial charge in [0.2, 0.25) is 0 Å². The molecule has 55 heavy (non-hydrogen) atoms. The van der Waals surface area contributed by atoms with E-state index in [1.54, 1.807) is 0 Å². The molecule has 0 spiro atoms. The Hall–Kier alpha value is -1.59. The van der Waals surface area contributed by atoms with E-state index in [1.165, 1.54) is 167 Å². The molecule has 0 saturated heterocycles. The summed E-state index contributed by atoms with van der Waals surface area (Å²) in [5, 5.41) is 0. The second-order valence-electron chi connectivity index (χ2n) is 17.2. The van der Waals surface area contributed by atoms with E-state index in [2.05, 4.69) is 27.7 Å². The number of esters is 3. The van der Waals surface area contributed by atoms with Crippen molar-refractivity contribution >= 4 is 17.9 Å². The first kappa shape index (κ1) is 53.4. The van der Waals surface area contributed by atoms with Gasteiger partial charge in [-0.15, -0.1) is 0 Å². The van der Waals surface area contributed by atoms with Crippen LogP contribution >= 0.6 is 0 Å². The first-order valence-corrected chi connectivity index (χ1v) is 24.4. The van der Waals surface area contributed by atoms with Gasteiger partial charge in [-0.25, -0.2) is 0 Å². The van der Waals surface area contributed by atoms with Gasteiger partial charge in [-0.05, 0) is 25.2 Å². The van der Waals surface area contributed by atoms with Crippen molar-refractivity contribution in [1.29, 1.82) is 0 Å². The van der Waals surface area contributed by atoms with Crippen molar-refractivity contribution < 1.29 is 28.6 Å². The predicted octanol–water partition coefficient (Wildman–Crippen LogP) is 15.5. The van der Waals surface area contributed by atoms with Crippen LogP contribution in [0.15, 0.2) is 0 Å². The van der Waals surface area contributed by atoms with Crippen molar-refractivity contribution in [3.05, 3.63) is 0 Å². The zero-order valence-electron chi connectivity index (χ0n) is 37.4. The normalized spacial score (nSPS) is 11.9. The van der Waals surface area contributed by atoms with Gasteiger partial charge in [-0.2, -0.15) is 0 Å². The number of rotatable bonds is 44. The Morgan fingerprint density at radius 1 is 0.345 bits per heavy atom. The molecule has 0 bridgehead atoms. The average Bonchev–Trinajstić information content (AvgIpc) is 3.17. The van der Waals surface area contributed by atoms with Crippen molar-refractivity contribution in [3.8, 4) is 0 Å². The van der Waals surface area contributed by atoms with Crippen molar-refractivity contribution in [1.82, 2.24) is 0 Å². The summed E-state index contributed by atoms with van der Waals surface area (Å²) in [6.45, 7) is 8.99. The summed E-state index contributed by atoms with van der Waals surface area (Å²) in [7, 11) is 0. The highest BCUT2D eigenvalue weighted by atomic mass is 16.6. The molecular formula is C49H94O6. The highest BCUT2D eigenvalue weighted by molar-refractivity contribution is 5.71. The summed E-state index contributed by atoms with van der Waals surface area (Å²) in [5.74, 6) is -0.00159. The van der Waals surface area contributed by atoms with E-state index < -0.39 is 6.10 Å². The molecule has 0 aliphatic carbocycles. The van der Waals surface area contributed by atoms with Crippen LogP contribution in [-0.4, -0.2) is 37.2 Å². The Labute approximate surface area is 342 Å². The number of hydrogen-bond donors (Lipinski definition) is 0. The number of ether oxygens (including phenoxy) is 3. The SMILES string of the molecule is CCCCCCCCCCCC(=O)OC[C@@H](COC(=O)CCCCCCCCCCCCCCCCCCC(C)C)OC(=O)CCCCCCCCCCC. The van der Waals surface area contributed by atoms with E-state index in [0.29, 0.717) is 19.3 Å². The smallest absolute Gasteiger partial charge is 0.306 e. The number of hydrogen-bond acceptors (Lipinski definition) is 6. The van der Waals surface area contributed by atoms with Gasteiger partial charge in [0.15, 0.2) is 6.10 Å². The van der Waals surface area contributed by atoms with Gasteiger partial charge < -0.3 is 14.2 Å². The Kier molecular flexibility index (Phi) is 42.3. The third-order valence-electron chi connectivity index (χ3n) is 11.0. The van der Waals surface area contributed by atoms with Gasteiger partial charge in [0.1, 0.15) is 13.2 Å². The molecule has 0 aliphatic rings. The van der Waals surface area contributed by atoms with Gasteiger partial charge in [0.25, 0.3) is 0 Å². The molecule has 0 heterocycles. The van der Waals surface area contributed by atoms with Crippen LogP contribution in [0.1, 0.15) is 272 Å². The van der Waals surface area contributed by atoms with Gasteiger partial charge in [0.05, 0.1) is 0 Å². The lowest BCUT2D eigenvalue weighted by molar-refractivity contribution is -0.167. The maximum Gasteiger partial charge on any atom is 0.306 e. The molecule has 6 heteroatoms. The molecule has 0 aromatic carbocycles. The Balaban J connectivity index is 4.17. The van der Waals surface area contributed by atoms with Gasteiger partial charge >= 0.3 is 17.9 Å². The molecule has 0 aromatic heterocycles. The number of unbranched alkanes of at least 4 members (excludes halogenated alkanes) is 31. The third-order valence-corrected chi connectivity index (χ3v) is 11.0. The summed E-state index contributed by atoms with van der Waals surface area (Å²) in [4.78, 5) is 37.7. The molecule has 326 valence electrons.